The van der Waals surface area contributed by atoms with Crippen molar-refractivity contribution in [1.29, 1.82) is 0 Å². The van der Waals surface area contributed by atoms with Crippen LogP contribution in [0.1, 0.15) is 33.3 Å². The van der Waals surface area contributed by atoms with Gasteiger partial charge < -0.3 is 14.8 Å². The molecule has 0 radical (unpaired) electrons. The molecule has 0 fully saturated rings. The molecule has 0 heterocycles. The van der Waals surface area contributed by atoms with E-state index in [4.69, 9.17) is 9.47 Å². The van der Waals surface area contributed by atoms with Crippen LogP contribution in [0.2, 0.25) is 0 Å². The van der Waals surface area contributed by atoms with Gasteiger partial charge in [-0.25, -0.2) is 0 Å². The molecule has 1 aromatic rings. The molecule has 0 saturated carbocycles. The Bertz CT molecular complexity index is 402. The van der Waals surface area contributed by atoms with Gasteiger partial charge in [0, 0.05) is 17.8 Å². The van der Waals surface area contributed by atoms with Gasteiger partial charge in [0.05, 0.1) is 13.7 Å². The fourth-order valence-corrected chi connectivity index (χ4v) is 2.15. The molecule has 114 valence electrons. The SMILES string of the molecule is CCSCCOc1ccc(CNC(C)(C)C)cc1OC. The van der Waals surface area contributed by atoms with Crippen molar-refractivity contribution in [2.45, 2.75) is 39.8 Å². The van der Waals surface area contributed by atoms with Gasteiger partial charge in [0.25, 0.3) is 0 Å². The van der Waals surface area contributed by atoms with Crippen molar-refractivity contribution in [3.8, 4) is 11.5 Å². The monoisotopic (exact) mass is 297 g/mol. The molecule has 0 saturated heterocycles. The second-order valence-electron chi connectivity index (χ2n) is 5.63. The summed E-state index contributed by atoms with van der Waals surface area (Å²) in [6.45, 7) is 10.2. The number of methoxy groups -OCH3 is 1. The van der Waals surface area contributed by atoms with Crippen molar-refractivity contribution < 1.29 is 9.47 Å². The van der Waals surface area contributed by atoms with E-state index >= 15 is 0 Å². The quantitative estimate of drug-likeness (QED) is 0.741. The first-order valence-corrected chi connectivity index (χ1v) is 8.24. The maximum Gasteiger partial charge on any atom is 0.161 e. The molecule has 0 spiro atoms. The summed E-state index contributed by atoms with van der Waals surface area (Å²) >= 11 is 1.88. The Balaban J connectivity index is 2.60. The lowest BCUT2D eigenvalue weighted by Crippen LogP contribution is -2.35. The number of hydrogen-bond donors (Lipinski definition) is 1. The molecule has 0 aromatic heterocycles. The number of ether oxygens (including phenoxy) is 2. The molecule has 1 aromatic carbocycles. The molecule has 0 aliphatic heterocycles. The first-order chi connectivity index (χ1) is 9.46. The smallest absolute Gasteiger partial charge is 0.161 e. The van der Waals surface area contributed by atoms with Crippen LogP contribution in [0.4, 0.5) is 0 Å². The molecule has 0 unspecified atom stereocenters. The highest BCUT2D eigenvalue weighted by Crippen LogP contribution is 2.28. The fourth-order valence-electron chi connectivity index (χ4n) is 1.66. The van der Waals surface area contributed by atoms with Crippen LogP contribution in [-0.2, 0) is 6.54 Å². The van der Waals surface area contributed by atoms with Gasteiger partial charge in [-0.05, 0) is 44.2 Å². The van der Waals surface area contributed by atoms with E-state index in [-0.39, 0.29) is 5.54 Å². The van der Waals surface area contributed by atoms with Crippen molar-refractivity contribution in [3.05, 3.63) is 23.8 Å². The molecule has 1 rings (SSSR count). The van der Waals surface area contributed by atoms with Crippen LogP contribution < -0.4 is 14.8 Å². The molecule has 4 heteroatoms. The molecule has 3 nitrogen and oxygen atoms in total. The van der Waals surface area contributed by atoms with Crippen molar-refractivity contribution in [2.24, 2.45) is 0 Å². The van der Waals surface area contributed by atoms with Gasteiger partial charge in [0.2, 0.25) is 0 Å². The molecule has 20 heavy (non-hydrogen) atoms. The summed E-state index contributed by atoms with van der Waals surface area (Å²) in [6, 6.07) is 6.12. The molecule has 0 bridgehead atoms. The van der Waals surface area contributed by atoms with Crippen LogP contribution in [-0.4, -0.2) is 30.8 Å². The highest BCUT2D eigenvalue weighted by molar-refractivity contribution is 7.99. The standard InChI is InChI=1S/C16H27NO2S/c1-6-20-10-9-19-14-8-7-13(11-15(14)18-5)12-17-16(2,3)4/h7-8,11,17H,6,9-10,12H2,1-5H3. The normalized spacial score (nSPS) is 11.4. The lowest BCUT2D eigenvalue weighted by atomic mass is 10.1. The van der Waals surface area contributed by atoms with Crippen LogP contribution in [0.5, 0.6) is 11.5 Å². The second-order valence-corrected chi connectivity index (χ2v) is 7.03. The Hall–Kier alpha value is -0.870. The molecule has 1 N–H and O–H groups in total. The Kier molecular flexibility index (Phi) is 7.24. The third-order valence-electron chi connectivity index (χ3n) is 2.74. The lowest BCUT2D eigenvalue weighted by molar-refractivity contribution is 0.313. The number of nitrogens with one attached hydrogen (secondary N) is 1. The van der Waals surface area contributed by atoms with Crippen molar-refractivity contribution >= 4 is 11.8 Å². The second kappa shape index (κ2) is 8.42. The summed E-state index contributed by atoms with van der Waals surface area (Å²) < 4.78 is 11.2. The average molecular weight is 297 g/mol. The first-order valence-electron chi connectivity index (χ1n) is 7.08. The zero-order chi connectivity index (χ0) is 15.0. The van der Waals surface area contributed by atoms with E-state index in [1.54, 1.807) is 7.11 Å². The summed E-state index contributed by atoms with van der Waals surface area (Å²) in [5.74, 6) is 3.76. The Morgan fingerprint density at radius 1 is 1.20 bits per heavy atom. The van der Waals surface area contributed by atoms with Gasteiger partial charge in [-0.1, -0.05) is 13.0 Å². The zero-order valence-corrected chi connectivity index (χ0v) is 14.1. The van der Waals surface area contributed by atoms with Gasteiger partial charge >= 0.3 is 0 Å². The highest BCUT2D eigenvalue weighted by Gasteiger charge is 2.10. The predicted molar refractivity (Wildman–Crippen MR) is 88.1 cm³/mol. The van der Waals surface area contributed by atoms with Gasteiger partial charge in [0.1, 0.15) is 0 Å². The van der Waals surface area contributed by atoms with Crippen molar-refractivity contribution in [2.75, 3.05) is 25.2 Å². The van der Waals surface area contributed by atoms with E-state index in [9.17, 15) is 0 Å². The van der Waals surface area contributed by atoms with Crippen LogP contribution in [0.25, 0.3) is 0 Å². The minimum atomic E-state index is 0.111. The molecular weight excluding hydrogens is 270 g/mol. The van der Waals surface area contributed by atoms with Crippen LogP contribution >= 0.6 is 11.8 Å². The average Bonchev–Trinajstić information content (AvgIpc) is 2.41. The largest absolute Gasteiger partial charge is 0.493 e. The summed E-state index contributed by atoms with van der Waals surface area (Å²) in [6.07, 6.45) is 0. The summed E-state index contributed by atoms with van der Waals surface area (Å²) in [5, 5.41) is 3.47. The summed E-state index contributed by atoms with van der Waals surface area (Å²) in [7, 11) is 1.68. The molecular formula is C16H27NO2S. The number of thioether (sulfide) groups is 1. The highest BCUT2D eigenvalue weighted by atomic mass is 32.2. The van der Waals surface area contributed by atoms with Gasteiger partial charge in [-0.2, -0.15) is 11.8 Å². The van der Waals surface area contributed by atoms with E-state index < -0.39 is 0 Å². The number of benzene rings is 1. The summed E-state index contributed by atoms with van der Waals surface area (Å²) in [4.78, 5) is 0. The van der Waals surface area contributed by atoms with E-state index in [0.717, 1.165) is 29.5 Å². The zero-order valence-electron chi connectivity index (χ0n) is 13.3. The number of rotatable bonds is 8. The van der Waals surface area contributed by atoms with Gasteiger partial charge in [0.15, 0.2) is 11.5 Å². The fraction of sp³-hybridized carbons (Fsp3) is 0.625. The van der Waals surface area contributed by atoms with E-state index in [0.29, 0.717) is 6.61 Å². The van der Waals surface area contributed by atoms with Crippen molar-refractivity contribution in [1.82, 2.24) is 5.32 Å². The van der Waals surface area contributed by atoms with Gasteiger partial charge in [-0.3, -0.25) is 0 Å². The molecule has 0 aliphatic carbocycles. The minimum Gasteiger partial charge on any atom is -0.493 e. The maximum absolute atomic E-state index is 5.76. The Labute approximate surface area is 127 Å². The molecule has 0 atom stereocenters. The number of hydrogen-bond acceptors (Lipinski definition) is 4. The maximum atomic E-state index is 5.76. The molecule has 0 aliphatic rings. The molecule has 0 amide bonds. The first kappa shape index (κ1) is 17.2. The van der Waals surface area contributed by atoms with E-state index in [1.165, 1.54) is 5.56 Å². The topological polar surface area (TPSA) is 30.5 Å². The third-order valence-corrected chi connectivity index (χ3v) is 3.60. The Morgan fingerprint density at radius 3 is 2.55 bits per heavy atom. The van der Waals surface area contributed by atoms with Crippen LogP contribution in [0.3, 0.4) is 0 Å². The lowest BCUT2D eigenvalue weighted by Gasteiger charge is -2.21. The van der Waals surface area contributed by atoms with Crippen LogP contribution in [0.15, 0.2) is 18.2 Å². The van der Waals surface area contributed by atoms with Crippen LogP contribution in [0, 0.1) is 0 Å². The Morgan fingerprint density at radius 2 is 1.95 bits per heavy atom. The van der Waals surface area contributed by atoms with Gasteiger partial charge in [-0.15, -0.1) is 0 Å². The van der Waals surface area contributed by atoms with Crippen molar-refractivity contribution in [3.63, 3.8) is 0 Å². The predicted octanol–water partition coefficient (Wildman–Crippen LogP) is 3.72. The minimum absolute atomic E-state index is 0.111. The third kappa shape index (κ3) is 6.53. The van der Waals surface area contributed by atoms with E-state index in [2.05, 4.69) is 39.1 Å². The summed E-state index contributed by atoms with van der Waals surface area (Å²) in [5.41, 5.74) is 1.31. The van der Waals surface area contributed by atoms with E-state index in [1.807, 2.05) is 23.9 Å².